The fourth-order valence-electron chi connectivity index (χ4n) is 1.54. The molecule has 0 aromatic rings. The quantitative estimate of drug-likeness (QED) is 0.355. The van der Waals surface area contributed by atoms with Crippen LogP contribution in [0.2, 0.25) is 0 Å². The van der Waals surface area contributed by atoms with Gasteiger partial charge in [-0.1, -0.05) is 33.1 Å². The van der Waals surface area contributed by atoms with Crippen LogP contribution in [0.25, 0.3) is 0 Å². The molecule has 0 aliphatic carbocycles. The summed E-state index contributed by atoms with van der Waals surface area (Å²) in [5.41, 5.74) is -2.71. The van der Waals surface area contributed by atoms with E-state index in [1.165, 1.54) is 0 Å². The minimum absolute atomic E-state index is 0. The monoisotopic (exact) mass is 294 g/mol. The number of hydrogen-bond acceptors (Lipinski definition) is 3. The number of carboxylic acids is 3. The molecule has 102 valence electrons. The van der Waals surface area contributed by atoms with Gasteiger partial charge in [-0.2, -0.15) is 0 Å². The summed E-state index contributed by atoms with van der Waals surface area (Å²) in [5.74, 6) is -5.03. The van der Waals surface area contributed by atoms with E-state index in [0.717, 1.165) is 6.42 Å². The molecule has 18 heavy (non-hydrogen) atoms. The standard InChI is InChI=1S/C11H18O6.Ti/c1-7(2)5-3-4-6-11(8(12)13,9(14)15)10(16)17;/h7H,3-6H2,1-2H3,(H,12,13)(H,14,15)(H,16,17);. The van der Waals surface area contributed by atoms with Crippen molar-refractivity contribution in [3.8, 4) is 0 Å². The second-order valence-electron chi connectivity index (χ2n) is 4.46. The van der Waals surface area contributed by atoms with Crippen LogP contribution in [0.3, 0.4) is 0 Å². The van der Waals surface area contributed by atoms with Gasteiger partial charge in [0.15, 0.2) is 0 Å². The van der Waals surface area contributed by atoms with Crippen LogP contribution in [0.5, 0.6) is 0 Å². The van der Waals surface area contributed by atoms with Gasteiger partial charge in [0.05, 0.1) is 0 Å². The van der Waals surface area contributed by atoms with E-state index in [1.807, 2.05) is 13.8 Å². The maximum absolute atomic E-state index is 10.9. The first-order chi connectivity index (χ1) is 7.75. The molecule has 0 bridgehead atoms. The van der Waals surface area contributed by atoms with Crippen molar-refractivity contribution in [2.75, 3.05) is 0 Å². The number of rotatable bonds is 8. The second-order valence-corrected chi connectivity index (χ2v) is 4.46. The SMILES string of the molecule is CC(C)CCCCC(C(=O)O)(C(=O)O)C(=O)O.[Ti]. The fourth-order valence-corrected chi connectivity index (χ4v) is 1.54. The number of unbranched alkanes of at least 4 members (excludes halogenated alkanes) is 1. The van der Waals surface area contributed by atoms with Gasteiger partial charge < -0.3 is 15.3 Å². The predicted octanol–water partition coefficient (Wildman–Crippen LogP) is 1.44. The second kappa shape index (κ2) is 8.27. The summed E-state index contributed by atoms with van der Waals surface area (Å²) in [4.78, 5) is 32.6. The van der Waals surface area contributed by atoms with E-state index in [4.69, 9.17) is 15.3 Å². The molecule has 0 spiro atoms. The first-order valence-corrected chi connectivity index (χ1v) is 5.45. The zero-order valence-electron chi connectivity index (χ0n) is 10.5. The third-order valence-corrected chi connectivity index (χ3v) is 2.68. The van der Waals surface area contributed by atoms with Crippen molar-refractivity contribution < 1.29 is 51.4 Å². The third kappa shape index (κ3) is 4.78. The summed E-state index contributed by atoms with van der Waals surface area (Å²) in [6, 6.07) is 0. The molecule has 3 N–H and O–H groups in total. The topological polar surface area (TPSA) is 112 Å². The van der Waals surface area contributed by atoms with Gasteiger partial charge in [-0.15, -0.1) is 0 Å². The Labute approximate surface area is 120 Å². The molecule has 0 aromatic heterocycles. The Morgan fingerprint density at radius 1 is 0.944 bits per heavy atom. The molecular formula is C11H18O6Ti. The van der Waals surface area contributed by atoms with Gasteiger partial charge in [-0.05, 0) is 12.3 Å². The minimum Gasteiger partial charge on any atom is -0.480 e. The number of carbonyl (C=O) groups is 3. The van der Waals surface area contributed by atoms with Crippen LogP contribution in [0.4, 0.5) is 0 Å². The van der Waals surface area contributed by atoms with Crippen LogP contribution < -0.4 is 0 Å². The Balaban J connectivity index is 0. The fraction of sp³-hybridized carbons (Fsp3) is 0.727. The number of hydrogen-bond donors (Lipinski definition) is 3. The van der Waals surface area contributed by atoms with Gasteiger partial charge in [0.1, 0.15) is 0 Å². The minimum atomic E-state index is -2.71. The molecule has 7 heteroatoms. The molecular weight excluding hydrogens is 276 g/mol. The van der Waals surface area contributed by atoms with Crippen LogP contribution in [-0.4, -0.2) is 33.2 Å². The van der Waals surface area contributed by atoms with Crippen molar-refractivity contribution in [1.29, 1.82) is 0 Å². The van der Waals surface area contributed by atoms with Crippen molar-refractivity contribution in [1.82, 2.24) is 0 Å². The van der Waals surface area contributed by atoms with Crippen LogP contribution in [0.15, 0.2) is 0 Å². The van der Waals surface area contributed by atoms with Crippen molar-refractivity contribution in [3.63, 3.8) is 0 Å². The van der Waals surface area contributed by atoms with E-state index in [2.05, 4.69) is 0 Å². The van der Waals surface area contributed by atoms with Crippen molar-refractivity contribution in [2.24, 2.45) is 11.3 Å². The van der Waals surface area contributed by atoms with E-state index in [9.17, 15) is 14.4 Å². The van der Waals surface area contributed by atoms with E-state index in [1.54, 1.807) is 0 Å². The summed E-state index contributed by atoms with van der Waals surface area (Å²) in [7, 11) is 0. The van der Waals surface area contributed by atoms with Gasteiger partial charge >= 0.3 is 17.9 Å². The van der Waals surface area contributed by atoms with Crippen LogP contribution >= 0.6 is 0 Å². The predicted molar refractivity (Wildman–Crippen MR) is 58.6 cm³/mol. The Hall–Kier alpha value is -0.876. The summed E-state index contributed by atoms with van der Waals surface area (Å²) >= 11 is 0. The first kappa shape index (κ1) is 19.5. The summed E-state index contributed by atoms with van der Waals surface area (Å²) < 4.78 is 0. The molecule has 0 fully saturated rings. The van der Waals surface area contributed by atoms with Crippen molar-refractivity contribution in [3.05, 3.63) is 0 Å². The van der Waals surface area contributed by atoms with Crippen LogP contribution in [0, 0.1) is 11.3 Å². The summed E-state index contributed by atoms with van der Waals surface area (Å²) in [6.45, 7) is 3.97. The Bertz CT molecular complexity index is 277. The molecule has 0 rings (SSSR count). The summed E-state index contributed by atoms with van der Waals surface area (Å²) in [6.07, 6.45) is 1.31. The molecule has 0 heterocycles. The van der Waals surface area contributed by atoms with Gasteiger partial charge in [0.25, 0.3) is 5.41 Å². The van der Waals surface area contributed by atoms with Gasteiger partial charge in [0, 0.05) is 21.7 Å². The van der Waals surface area contributed by atoms with Crippen molar-refractivity contribution >= 4 is 17.9 Å². The molecule has 0 atom stereocenters. The number of aliphatic carboxylic acids is 3. The molecule has 6 nitrogen and oxygen atoms in total. The zero-order valence-corrected chi connectivity index (χ0v) is 12.0. The number of carboxylic acid groups (broad SMARTS) is 3. The molecule has 0 saturated carbocycles. The maximum Gasteiger partial charge on any atom is 0.332 e. The zero-order chi connectivity index (χ0) is 13.6. The van der Waals surface area contributed by atoms with E-state index >= 15 is 0 Å². The Morgan fingerprint density at radius 3 is 1.61 bits per heavy atom. The van der Waals surface area contributed by atoms with Gasteiger partial charge in [-0.3, -0.25) is 14.4 Å². The molecule has 0 aromatic carbocycles. The Kier molecular flexibility index (Phi) is 8.94. The van der Waals surface area contributed by atoms with Crippen LogP contribution in [-0.2, 0) is 36.1 Å². The molecule has 0 amide bonds. The van der Waals surface area contributed by atoms with Crippen molar-refractivity contribution in [2.45, 2.75) is 39.5 Å². The van der Waals surface area contributed by atoms with E-state index < -0.39 is 23.3 Å². The summed E-state index contributed by atoms with van der Waals surface area (Å²) in [5, 5.41) is 26.4. The molecule has 0 unspecified atom stereocenters. The van der Waals surface area contributed by atoms with Crippen LogP contribution in [0.1, 0.15) is 39.5 Å². The largest absolute Gasteiger partial charge is 0.480 e. The van der Waals surface area contributed by atoms with E-state index in [-0.39, 0.29) is 34.6 Å². The first-order valence-electron chi connectivity index (χ1n) is 5.45. The molecule has 0 saturated heterocycles. The van der Waals surface area contributed by atoms with Gasteiger partial charge in [-0.25, -0.2) is 0 Å². The molecule has 0 aliphatic heterocycles. The molecule has 0 aliphatic rings. The Morgan fingerprint density at radius 2 is 1.33 bits per heavy atom. The third-order valence-electron chi connectivity index (χ3n) is 2.68. The average molecular weight is 294 g/mol. The smallest absolute Gasteiger partial charge is 0.332 e. The van der Waals surface area contributed by atoms with E-state index in [0.29, 0.717) is 12.3 Å². The normalized spacial score (nSPS) is 10.8. The van der Waals surface area contributed by atoms with Gasteiger partial charge in [0.2, 0.25) is 0 Å². The average Bonchev–Trinajstić information content (AvgIpc) is 2.15. The maximum atomic E-state index is 10.9. The molecule has 0 radical (unpaired) electrons.